The average Bonchev–Trinajstić information content (AvgIpc) is 3.60. The molecule has 198 valence electrons. The number of rotatable bonds is 5. The highest BCUT2D eigenvalue weighted by Crippen LogP contribution is 2.35. The fraction of sp³-hybridized carbons (Fsp3) is 0.467. The van der Waals surface area contributed by atoms with Crippen LogP contribution in [0.3, 0.4) is 0 Å². The number of piperazine rings is 1. The van der Waals surface area contributed by atoms with Crippen LogP contribution >= 0.6 is 0 Å². The first-order chi connectivity index (χ1) is 18.4. The summed E-state index contributed by atoms with van der Waals surface area (Å²) >= 11 is 0. The number of aryl methyl sites for hydroxylation is 3. The largest absolute Gasteiger partial charge is 0.369 e. The van der Waals surface area contributed by atoms with Gasteiger partial charge in [-0.05, 0) is 91.2 Å². The Morgan fingerprint density at radius 1 is 0.947 bits per heavy atom. The molecule has 2 aliphatic rings. The van der Waals surface area contributed by atoms with E-state index in [1.807, 2.05) is 4.68 Å². The molecular weight excluding hydrogens is 474 g/mol. The molecule has 1 saturated heterocycles. The summed E-state index contributed by atoms with van der Waals surface area (Å²) in [4.78, 5) is 21.7. The quantitative estimate of drug-likeness (QED) is 0.415. The van der Waals surface area contributed by atoms with Crippen molar-refractivity contribution in [1.82, 2.24) is 30.1 Å². The Hall–Kier alpha value is -3.52. The van der Waals surface area contributed by atoms with Crippen molar-refractivity contribution in [3.8, 4) is 0 Å². The van der Waals surface area contributed by atoms with Gasteiger partial charge < -0.3 is 9.88 Å². The minimum Gasteiger partial charge on any atom is -0.369 e. The lowest BCUT2D eigenvalue weighted by Crippen LogP contribution is -2.49. The molecule has 0 amide bonds. The summed E-state index contributed by atoms with van der Waals surface area (Å²) < 4.78 is 2.01. The van der Waals surface area contributed by atoms with E-state index in [-0.39, 0.29) is 11.6 Å². The zero-order valence-electron chi connectivity index (χ0n) is 22.9. The lowest BCUT2D eigenvalue weighted by Gasteiger charge is -2.40. The van der Waals surface area contributed by atoms with E-state index < -0.39 is 0 Å². The van der Waals surface area contributed by atoms with Crippen molar-refractivity contribution in [2.75, 3.05) is 31.1 Å². The van der Waals surface area contributed by atoms with E-state index in [0.29, 0.717) is 6.04 Å². The van der Waals surface area contributed by atoms with Gasteiger partial charge in [0.25, 0.3) is 5.56 Å². The Kier molecular flexibility index (Phi) is 6.51. The molecule has 1 N–H and O–H groups in total. The molecule has 2 aromatic heterocycles. The highest BCUT2D eigenvalue weighted by molar-refractivity contribution is 5.83. The molecule has 8 heteroatoms. The molecular formula is C30H37N7O. The third-order valence-corrected chi connectivity index (χ3v) is 8.65. The molecule has 2 fully saturated rings. The van der Waals surface area contributed by atoms with Gasteiger partial charge in [0.2, 0.25) is 0 Å². The van der Waals surface area contributed by atoms with Crippen molar-refractivity contribution in [2.45, 2.75) is 65.5 Å². The maximum Gasteiger partial charge on any atom is 0.253 e. The smallest absolute Gasteiger partial charge is 0.253 e. The highest BCUT2D eigenvalue weighted by Gasteiger charge is 2.35. The maximum atomic E-state index is 13.7. The molecule has 6 rings (SSSR count). The first kappa shape index (κ1) is 24.8. The van der Waals surface area contributed by atoms with Gasteiger partial charge in [0.15, 0.2) is 5.82 Å². The van der Waals surface area contributed by atoms with Gasteiger partial charge in [-0.3, -0.25) is 9.69 Å². The number of aromatic nitrogens is 5. The molecule has 38 heavy (non-hydrogen) atoms. The van der Waals surface area contributed by atoms with E-state index in [1.165, 1.54) is 35.2 Å². The number of tetrazole rings is 1. The Morgan fingerprint density at radius 3 is 2.47 bits per heavy atom. The summed E-state index contributed by atoms with van der Waals surface area (Å²) in [6.07, 6.45) is 4.55. The highest BCUT2D eigenvalue weighted by atomic mass is 16.1. The normalized spacial score (nSPS) is 17.9. The second kappa shape index (κ2) is 9.98. The molecule has 0 spiro atoms. The number of hydrogen-bond acceptors (Lipinski definition) is 6. The summed E-state index contributed by atoms with van der Waals surface area (Å²) in [6.45, 7) is 11.9. The number of hydrogen-bond donors (Lipinski definition) is 1. The SMILES string of the molecule is Cc1cc(C)c2[nH]c(=O)c(C(c3nnnn3C3CCCC3)N3CCN(c4cccc(C)c4C)CC3)cc2c1. The van der Waals surface area contributed by atoms with Crippen LogP contribution in [0.15, 0.2) is 41.2 Å². The molecule has 0 bridgehead atoms. The van der Waals surface area contributed by atoms with Crippen molar-refractivity contribution in [3.63, 3.8) is 0 Å². The predicted octanol–water partition coefficient (Wildman–Crippen LogP) is 4.77. The van der Waals surface area contributed by atoms with Crippen LogP contribution in [-0.4, -0.2) is 56.3 Å². The van der Waals surface area contributed by atoms with Gasteiger partial charge in [0.05, 0.1) is 11.6 Å². The van der Waals surface area contributed by atoms with Gasteiger partial charge in [-0.25, -0.2) is 4.68 Å². The van der Waals surface area contributed by atoms with Crippen molar-refractivity contribution in [1.29, 1.82) is 0 Å². The molecule has 4 aromatic rings. The number of benzene rings is 2. The summed E-state index contributed by atoms with van der Waals surface area (Å²) in [5.74, 6) is 0.784. The third-order valence-electron chi connectivity index (χ3n) is 8.65. The van der Waals surface area contributed by atoms with E-state index >= 15 is 0 Å². The molecule has 8 nitrogen and oxygen atoms in total. The van der Waals surface area contributed by atoms with E-state index in [9.17, 15) is 4.79 Å². The Morgan fingerprint density at radius 2 is 1.71 bits per heavy atom. The Bertz CT molecular complexity index is 1520. The fourth-order valence-electron chi connectivity index (χ4n) is 6.49. The maximum absolute atomic E-state index is 13.7. The Balaban J connectivity index is 1.41. The molecule has 0 radical (unpaired) electrons. The van der Waals surface area contributed by atoms with Crippen LogP contribution < -0.4 is 10.5 Å². The minimum absolute atomic E-state index is 0.0626. The zero-order valence-corrected chi connectivity index (χ0v) is 22.9. The first-order valence-electron chi connectivity index (χ1n) is 13.9. The van der Waals surface area contributed by atoms with Gasteiger partial charge >= 0.3 is 0 Å². The average molecular weight is 512 g/mol. The van der Waals surface area contributed by atoms with Crippen LogP contribution in [-0.2, 0) is 0 Å². The standard InChI is InChI=1S/C30H37N7O/c1-19-16-21(3)27-23(17-19)18-25(30(38)31-27)28(29-32-33-34-37(29)24-9-5-6-10-24)36-14-12-35(13-15-36)26-11-7-8-20(2)22(26)4/h7-8,11,16-18,24,28H,5-6,9-10,12-15H2,1-4H3,(H,31,38). The number of anilines is 1. The molecule has 1 unspecified atom stereocenters. The number of aromatic amines is 1. The number of H-pyrrole nitrogens is 1. The van der Waals surface area contributed by atoms with Crippen LogP contribution in [0, 0.1) is 27.7 Å². The summed E-state index contributed by atoms with van der Waals surface area (Å²) in [5.41, 5.74) is 7.76. The molecule has 2 aromatic carbocycles. The van der Waals surface area contributed by atoms with E-state index in [0.717, 1.165) is 66.9 Å². The van der Waals surface area contributed by atoms with Gasteiger partial charge in [-0.2, -0.15) is 0 Å². The van der Waals surface area contributed by atoms with Gasteiger partial charge in [0.1, 0.15) is 6.04 Å². The number of nitrogens with one attached hydrogen (secondary N) is 1. The number of pyridine rings is 1. The summed E-state index contributed by atoms with van der Waals surface area (Å²) in [6, 6.07) is 12.9. The monoisotopic (exact) mass is 511 g/mol. The summed E-state index contributed by atoms with van der Waals surface area (Å²) in [5, 5.41) is 14.2. The molecule has 1 aliphatic heterocycles. The lowest BCUT2D eigenvalue weighted by molar-refractivity contribution is 0.196. The van der Waals surface area contributed by atoms with Crippen molar-refractivity contribution in [3.05, 3.63) is 80.4 Å². The minimum atomic E-state index is -0.305. The van der Waals surface area contributed by atoms with E-state index in [1.54, 1.807) is 0 Å². The van der Waals surface area contributed by atoms with Crippen LogP contribution in [0.5, 0.6) is 0 Å². The molecule has 1 saturated carbocycles. The molecule has 1 aliphatic carbocycles. The first-order valence-corrected chi connectivity index (χ1v) is 13.9. The third kappa shape index (κ3) is 4.41. The van der Waals surface area contributed by atoms with Gasteiger partial charge in [-0.15, -0.1) is 5.10 Å². The number of nitrogens with zero attached hydrogens (tertiary/aromatic N) is 6. The fourth-order valence-corrected chi connectivity index (χ4v) is 6.49. The van der Waals surface area contributed by atoms with Crippen LogP contribution in [0.2, 0.25) is 0 Å². The van der Waals surface area contributed by atoms with E-state index in [4.69, 9.17) is 0 Å². The lowest BCUT2D eigenvalue weighted by atomic mass is 9.99. The zero-order chi connectivity index (χ0) is 26.4. The predicted molar refractivity (Wildman–Crippen MR) is 151 cm³/mol. The van der Waals surface area contributed by atoms with Gasteiger partial charge in [-0.1, -0.05) is 36.6 Å². The van der Waals surface area contributed by atoms with Crippen LogP contribution in [0.1, 0.15) is 71.4 Å². The topological polar surface area (TPSA) is 82.9 Å². The van der Waals surface area contributed by atoms with E-state index in [2.05, 4.69) is 94.4 Å². The van der Waals surface area contributed by atoms with Crippen LogP contribution in [0.25, 0.3) is 10.9 Å². The summed E-state index contributed by atoms with van der Waals surface area (Å²) in [7, 11) is 0. The molecule has 3 heterocycles. The van der Waals surface area contributed by atoms with Gasteiger partial charge in [0, 0.05) is 37.4 Å². The second-order valence-corrected chi connectivity index (χ2v) is 11.2. The van der Waals surface area contributed by atoms with Crippen LogP contribution in [0.4, 0.5) is 5.69 Å². The second-order valence-electron chi connectivity index (χ2n) is 11.2. The Labute approximate surface area is 223 Å². The van der Waals surface area contributed by atoms with Crippen molar-refractivity contribution < 1.29 is 0 Å². The van der Waals surface area contributed by atoms with Crippen molar-refractivity contribution >= 4 is 16.6 Å². The number of fused-ring (bicyclic) bond motifs is 1. The van der Waals surface area contributed by atoms with Crippen molar-refractivity contribution in [2.24, 2.45) is 0 Å². The molecule has 1 atom stereocenters.